The molecule has 1 unspecified atom stereocenters. The van der Waals surface area contributed by atoms with Gasteiger partial charge in [0.1, 0.15) is 5.69 Å². The molecule has 0 saturated heterocycles. The molecule has 2 heterocycles. The van der Waals surface area contributed by atoms with Crippen LogP contribution in [0.2, 0.25) is 0 Å². The summed E-state index contributed by atoms with van der Waals surface area (Å²) in [6.07, 6.45) is -0.223. The van der Waals surface area contributed by atoms with E-state index in [4.69, 9.17) is 5.73 Å². The first kappa shape index (κ1) is 12.6. The fourth-order valence-corrected chi connectivity index (χ4v) is 1.55. The highest BCUT2D eigenvalue weighted by molar-refractivity contribution is 5.33. The molecule has 2 rings (SSSR count). The SMILES string of the molecule is CC(N)c1cncn1-c1ccc(C(F)(F)F)nc1. The van der Waals surface area contributed by atoms with Gasteiger partial charge in [-0.1, -0.05) is 0 Å². The summed E-state index contributed by atoms with van der Waals surface area (Å²) in [6.45, 7) is 1.77. The van der Waals surface area contributed by atoms with Crippen molar-refractivity contribution in [1.82, 2.24) is 14.5 Å². The van der Waals surface area contributed by atoms with Crippen molar-refractivity contribution >= 4 is 0 Å². The molecule has 18 heavy (non-hydrogen) atoms. The van der Waals surface area contributed by atoms with E-state index in [1.54, 1.807) is 17.7 Å². The van der Waals surface area contributed by atoms with Crippen LogP contribution in [0.1, 0.15) is 24.4 Å². The highest BCUT2D eigenvalue weighted by Crippen LogP contribution is 2.27. The zero-order valence-electron chi connectivity index (χ0n) is 9.52. The number of rotatable bonds is 2. The molecule has 2 aromatic heterocycles. The number of nitrogens with two attached hydrogens (primary N) is 1. The maximum atomic E-state index is 12.4. The predicted molar refractivity (Wildman–Crippen MR) is 59.0 cm³/mol. The summed E-state index contributed by atoms with van der Waals surface area (Å²) in [5.74, 6) is 0. The number of pyridine rings is 1. The van der Waals surface area contributed by atoms with Crippen LogP contribution in [0.4, 0.5) is 13.2 Å². The van der Waals surface area contributed by atoms with E-state index in [-0.39, 0.29) is 6.04 Å². The van der Waals surface area contributed by atoms with Crippen molar-refractivity contribution in [2.24, 2.45) is 5.73 Å². The molecular weight excluding hydrogens is 245 g/mol. The average Bonchev–Trinajstić information content (AvgIpc) is 2.77. The molecule has 2 aromatic rings. The summed E-state index contributed by atoms with van der Waals surface area (Å²) in [7, 11) is 0. The molecule has 0 aliphatic heterocycles. The molecule has 0 aromatic carbocycles. The zero-order chi connectivity index (χ0) is 13.3. The lowest BCUT2D eigenvalue weighted by Gasteiger charge is -2.11. The maximum absolute atomic E-state index is 12.4. The van der Waals surface area contributed by atoms with E-state index in [9.17, 15) is 13.2 Å². The third-order valence-corrected chi connectivity index (χ3v) is 2.45. The van der Waals surface area contributed by atoms with E-state index in [1.165, 1.54) is 12.4 Å². The first-order valence-corrected chi connectivity index (χ1v) is 5.21. The average molecular weight is 256 g/mol. The van der Waals surface area contributed by atoms with Crippen molar-refractivity contribution in [1.29, 1.82) is 0 Å². The number of nitrogens with zero attached hydrogens (tertiary/aromatic N) is 3. The van der Waals surface area contributed by atoms with Gasteiger partial charge in [-0.3, -0.25) is 0 Å². The smallest absolute Gasteiger partial charge is 0.323 e. The van der Waals surface area contributed by atoms with E-state index in [0.29, 0.717) is 11.4 Å². The molecule has 7 heteroatoms. The highest BCUT2D eigenvalue weighted by Gasteiger charge is 2.32. The summed E-state index contributed by atoms with van der Waals surface area (Å²) in [5, 5.41) is 0. The fourth-order valence-electron chi connectivity index (χ4n) is 1.55. The quantitative estimate of drug-likeness (QED) is 0.897. The summed E-state index contributed by atoms with van der Waals surface area (Å²) >= 11 is 0. The van der Waals surface area contributed by atoms with Crippen LogP contribution in [0.15, 0.2) is 30.9 Å². The van der Waals surface area contributed by atoms with Gasteiger partial charge in [-0.05, 0) is 19.1 Å². The number of hydrogen-bond donors (Lipinski definition) is 1. The Hall–Kier alpha value is -1.89. The number of alkyl halides is 3. The maximum Gasteiger partial charge on any atom is 0.433 e. The third-order valence-electron chi connectivity index (χ3n) is 2.45. The van der Waals surface area contributed by atoms with Crippen molar-refractivity contribution in [2.75, 3.05) is 0 Å². The standard InChI is InChI=1S/C11H11F3N4/c1-7(15)9-5-16-6-18(9)8-2-3-10(17-4-8)11(12,13)14/h2-7H,15H2,1H3. The number of imidazole rings is 1. The summed E-state index contributed by atoms with van der Waals surface area (Å²) in [4.78, 5) is 7.32. The molecule has 0 aliphatic rings. The largest absolute Gasteiger partial charge is 0.433 e. The minimum atomic E-state index is -4.43. The Balaban J connectivity index is 2.38. The van der Waals surface area contributed by atoms with E-state index in [1.807, 2.05) is 0 Å². The summed E-state index contributed by atoms with van der Waals surface area (Å²) in [5.41, 5.74) is 6.01. The second-order valence-electron chi connectivity index (χ2n) is 3.88. The van der Waals surface area contributed by atoms with E-state index >= 15 is 0 Å². The van der Waals surface area contributed by atoms with E-state index < -0.39 is 11.9 Å². The van der Waals surface area contributed by atoms with Crippen molar-refractivity contribution in [2.45, 2.75) is 19.1 Å². The molecule has 0 amide bonds. The molecule has 0 aliphatic carbocycles. The Bertz CT molecular complexity index is 528. The Labute approximate surface area is 101 Å². The number of aromatic nitrogens is 3. The molecule has 0 fully saturated rings. The minimum Gasteiger partial charge on any atom is -0.323 e. The normalized spacial score (nSPS) is 13.6. The second-order valence-corrected chi connectivity index (χ2v) is 3.88. The van der Waals surface area contributed by atoms with E-state index in [2.05, 4.69) is 9.97 Å². The Morgan fingerprint density at radius 2 is 2.00 bits per heavy atom. The number of halogens is 3. The molecule has 1 atom stereocenters. The van der Waals surface area contributed by atoms with Crippen LogP contribution in [-0.2, 0) is 6.18 Å². The molecule has 96 valence electrons. The molecule has 0 saturated carbocycles. The molecule has 2 N–H and O–H groups in total. The molecule has 0 bridgehead atoms. The van der Waals surface area contributed by atoms with E-state index in [0.717, 1.165) is 12.3 Å². The van der Waals surface area contributed by atoms with Crippen LogP contribution in [-0.4, -0.2) is 14.5 Å². The van der Waals surface area contributed by atoms with Gasteiger partial charge in [-0.25, -0.2) is 9.97 Å². The van der Waals surface area contributed by atoms with Crippen molar-refractivity contribution < 1.29 is 13.2 Å². The van der Waals surface area contributed by atoms with Gasteiger partial charge < -0.3 is 10.3 Å². The van der Waals surface area contributed by atoms with Crippen LogP contribution >= 0.6 is 0 Å². The molecule has 0 radical (unpaired) electrons. The first-order valence-electron chi connectivity index (χ1n) is 5.21. The summed E-state index contributed by atoms with van der Waals surface area (Å²) < 4.78 is 38.7. The zero-order valence-corrected chi connectivity index (χ0v) is 9.52. The van der Waals surface area contributed by atoms with Crippen molar-refractivity contribution in [3.05, 3.63) is 42.2 Å². The van der Waals surface area contributed by atoms with Crippen molar-refractivity contribution in [3.8, 4) is 5.69 Å². The third kappa shape index (κ3) is 2.35. The Kier molecular flexibility index (Phi) is 3.08. The minimum absolute atomic E-state index is 0.269. The lowest BCUT2D eigenvalue weighted by Crippen LogP contribution is -2.12. The fraction of sp³-hybridized carbons (Fsp3) is 0.273. The van der Waals surface area contributed by atoms with Crippen LogP contribution in [0.25, 0.3) is 5.69 Å². The predicted octanol–water partition coefficient (Wildman–Crippen LogP) is 2.31. The van der Waals surface area contributed by atoms with Gasteiger partial charge >= 0.3 is 6.18 Å². The lowest BCUT2D eigenvalue weighted by molar-refractivity contribution is -0.141. The van der Waals surface area contributed by atoms with Crippen LogP contribution in [0.5, 0.6) is 0 Å². The van der Waals surface area contributed by atoms with Gasteiger partial charge in [0.15, 0.2) is 0 Å². The first-order chi connectivity index (χ1) is 8.39. The molecule has 4 nitrogen and oxygen atoms in total. The van der Waals surface area contributed by atoms with Gasteiger partial charge in [0.25, 0.3) is 0 Å². The van der Waals surface area contributed by atoms with Gasteiger partial charge in [0.05, 0.1) is 30.1 Å². The van der Waals surface area contributed by atoms with Gasteiger partial charge in [0.2, 0.25) is 0 Å². The van der Waals surface area contributed by atoms with Gasteiger partial charge in [-0.15, -0.1) is 0 Å². The van der Waals surface area contributed by atoms with Crippen molar-refractivity contribution in [3.63, 3.8) is 0 Å². The topological polar surface area (TPSA) is 56.7 Å². The van der Waals surface area contributed by atoms with Gasteiger partial charge in [-0.2, -0.15) is 13.2 Å². The van der Waals surface area contributed by atoms with Crippen LogP contribution < -0.4 is 5.73 Å². The molecular formula is C11H11F3N4. The monoisotopic (exact) mass is 256 g/mol. The Morgan fingerprint density at radius 1 is 1.28 bits per heavy atom. The summed E-state index contributed by atoms with van der Waals surface area (Å²) in [6, 6.07) is 2.00. The highest BCUT2D eigenvalue weighted by atomic mass is 19.4. The van der Waals surface area contributed by atoms with Crippen LogP contribution in [0, 0.1) is 0 Å². The Morgan fingerprint density at radius 3 is 2.50 bits per heavy atom. The number of hydrogen-bond acceptors (Lipinski definition) is 3. The van der Waals surface area contributed by atoms with Gasteiger partial charge in [0, 0.05) is 6.04 Å². The lowest BCUT2D eigenvalue weighted by atomic mass is 10.2. The van der Waals surface area contributed by atoms with Crippen LogP contribution in [0.3, 0.4) is 0 Å². The second kappa shape index (κ2) is 4.41. The molecule has 0 spiro atoms.